The van der Waals surface area contributed by atoms with Crippen molar-refractivity contribution in [1.82, 2.24) is 9.80 Å². The number of carbonyl (C=O) groups is 2. The molecule has 1 amide bonds. The van der Waals surface area contributed by atoms with Gasteiger partial charge in [0.2, 0.25) is 0 Å². The number of allylic oxidation sites excluding steroid dienone is 1. The van der Waals surface area contributed by atoms with Gasteiger partial charge in [-0.25, -0.2) is 4.79 Å². The van der Waals surface area contributed by atoms with Gasteiger partial charge in [0.25, 0.3) is 0 Å². The van der Waals surface area contributed by atoms with Gasteiger partial charge in [0.05, 0.1) is 5.41 Å². The van der Waals surface area contributed by atoms with Gasteiger partial charge in [-0.1, -0.05) is 0 Å². The summed E-state index contributed by atoms with van der Waals surface area (Å²) < 4.78 is 5.26. The average Bonchev–Trinajstić information content (AvgIpc) is 2.18. The molecule has 5 heteroatoms. The van der Waals surface area contributed by atoms with Crippen molar-refractivity contribution in [3.8, 4) is 0 Å². The molecule has 0 aromatic carbocycles. The zero-order valence-corrected chi connectivity index (χ0v) is 12.7. The number of ketones is 1. The molecule has 1 aliphatic heterocycles. The van der Waals surface area contributed by atoms with Crippen LogP contribution in [0.25, 0.3) is 0 Å². The van der Waals surface area contributed by atoms with Crippen molar-refractivity contribution < 1.29 is 14.3 Å². The average molecular weight is 268 g/mol. The van der Waals surface area contributed by atoms with Crippen LogP contribution in [0.4, 0.5) is 4.79 Å². The van der Waals surface area contributed by atoms with Crippen molar-refractivity contribution in [2.45, 2.75) is 33.3 Å². The topological polar surface area (TPSA) is 49.9 Å². The van der Waals surface area contributed by atoms with Gasteiger partial charge < -0.3 is 14.5 Å². The molecule has 0 saturated carbocycles. The third kappa shape index (κ3) is 4.26. The van der Waals surface area contributed by atoms with Crippen molar-refractivity contribution in [2.24, 2.45) is 5.41 Å². The van der Waals surface area contributed by atoms with Crippen molar-refractivity contribution in [2.75, 3.05) is 27.2 Å². The number of likely N-dealkylation sites (tertiary alicyclic amines) is 1. The molecule has 0 aliphatic carbocycles. The maximum Gasteiger partial charge on any atom is 0.410 e. The largest absolute Gasteiger partial charge is 0.444 e. The molecule has 0 aromatic rings. The number of hydrogen-bond acceptors (Lipinski definition) is 4. The Morgan fingerprint density at radius 2 is 1.79 bits per heavy atom. The first-order valence-electron chi connectivity index (χ1n) is 6.40. The second kappa shape index (κ2) is 5.23. The quantitative estimate of drug-likeness (QED) is 0.733. The molecule has 0 aromatic heterocycles. The molecule has 108 valence electrons. The predicted octanol–water partition coefficient (Wildman–Crippen LogP) is 1.89. The Balaban J connectivity index is 2.51. The van der Waals surface area contributed by atoms with E-state index in [0.29, 0.717) is 13.1 Å². The number of rotatable bonds is 3. The molecule has 1 saturated heterocycles. The highest BCUT2D eigenvalue weighted by molar-refractivity contribution is 5.96. The van der Waals surface area contributed by atoms with Crippen LogP contribution in [0.15, 0.2) is 12.3 Å². The standard InChI is InChI=1S/C14H24N2O3/c1-13(2,3)19-12(18)16-9-14(4,10-16)11(17)7-8-15(5)6/h7-8H,9-10H2,1-6H3/b8-7+. The molecule has 0 bridgehead atoms. The summed E-state index contributed by atoms with van der Waals surface area (Å²) in [5.74, 6) is 0.0426. The highest BCUT2D eigenvalue weighted by Gasteiger charge is 2.47. The second-order valence-corrected chi connectivity index (χ2v) is 6.54. The Bertz CT molecular complexity index is 388. The van der Waals surface area contributed by atoms with E-state index >= 15 is 0 Å². The van der Waals surface area contributed by atoms with Gasteiger partial charge in [0.15, 0.2) is 5.78 Å². The lowest BCUT2D eigenvalue weighted by atomic mass is 9.78. The fourth-order valence-electron chi connectivity index (χ4n) is 1.83. The van der Waals surface area contributed by atoms with E-state index in [2.05, 4.69) is 0 Å². The molecular weight excluding hydrogens is 244 g/mol. The van der Waals surface area contributed by atoms with E-state index in [1.54, 1.807) is 17.2 Å². The van der Waals surface area contributed by atoms with Gasteiger partial charge in [-0.2, -0.15) is 0 Å². The van der Waals surface area contributed by atoms with Crippen LogP contribution >= 0.6 is 0 Å². The maximum atomic E-state index is 12.0. The summed E-state index contributed by atoms with van der Waals surface area (Å²) >= 11 is 0. The fraction of sp³-hybridized carbons (Fsp3) is 0.714. The Morgan fingerprint density at radius 1 is 1.26 bits per heavy atom. The summed E-state index contributed by atoms with van der Waals surface area (Å²) in [6, 6.07) is 0. The lowest BCUT2D eigenvalue weighted by Crippen LogP contribution is -2.61. The molecule has 0 unspecified atom stereocenters. The zero-order chi connectivity index (χ0) is 14.8. The van der Waals surface area contributed by atoms with Gasteiger partial charge in [0, 0.05) is 33.4 Å². The summed E-state index contributed by atoms with van der Waals surface area (Å²) in [4.78, 5) is 27.2. The van der Waals surface area contributed by atoms with E-state index in [0.717, 1.165) is 0 Å². The summed E-state index contributed by atoms with van der Waals surface area (Å²) in [7, 11) is 3.72. The minimum atomic E-state index is -0.502. The normalized spacial score (nSPS) is 18.1. The number of nitrogens with zero attached hydrogens (tertiary/aromatic N) is 2. The summed E-state index contributed by atoms with van der Waals surface area (Å²) in [5, 5.41) is 0. The first-order chi connectivity index (χ1) is 8.53. The minimum absolute atomic E-state index is 0.0426. The number of hydrogen-bond donors (Lipinski definition) is 0. The summed E-state index contributed by atoms with van der Waals surface area (Å²) in [6.45, 7) is 8.19. The van der Waals surface area contributed by atoms with E-state index in [-0.39, 0.29) is 11.9 Å². The van der Waals surface area contributed by atoms with Crippen LogP contribution in [-0.4, -0.2) is 54.5 Å². The van der Waals surface area contributed by atoms with Crippen LogP contribution in [0, 0.1) is 5.41 Å². The first-order valence-corrected chi connectivity index (χ1v) is 6.40. The van der Waals surface area contributed by atoms with Gasteiger partial charge in [-0.15, -0.1) is 0 Å². The molecule has 1 heterocycles. The molecule has 0 atom stereocenters. The Morgan fingerprint density at radius 3 is 2.21 bits per heavy atom. The molecule has 1 rings (SSSR count). The molecule has 19 heavy (non-hydrogen) atoms. The van der Waals surface area contributed by atoms with Crippen LogP contribution in [0.3, 0.4) is 0 Å². The van der Waals surface area contributed by atoms with Crippen molar-refractivity contribution in [3.63, 3.8) is 0 Å². The lowest BCUT2D eigenvalue weighted by Gasteiger charge is -2.46. The van der Waals surface area contributed by atoms with Gasteiger partial charge in [-0.05, 0) is 33.8 Å². The molecule has 1 aliphatic rings. The number of ether oxygens (including phenoxy) is 1. The lowest BCUT2D eigenvalue weighted by molar-refractivity contribution is -0.131. The Labute approximate surface area is 115 Å². The Kier molecular flexibility index (Phi) is 4.28. The summed E-state index contributed by atoms with van der Waals surface area (Å²) in [5.41, 5.74) is -0.985. The highest BCUT2D eigenvalue weighted by Crippen LogP contribution is 2.32. The third-order valence-corrected chi connectivity index (χ3v) is 2.85. The highest BCUT2D eigenvalue weighted by atomic mass is 16.6. The van der Waals surface area contributed by atoms with E-state index in [1.165, 1.54) is 0 Å². The SMILES string of the molecule is CN(C)/C=C/C(=O)C1(C)CN(C(=O)OC(C)(C)C)C1. The van der Waals surface area contributed by atoms with Crippen molar-refractivity contribution in [1.29, 1.82) is 0 Å². The monoisotopic (exact) mass is 268 g/mol. The first kappa shape index (κ1) is 15.5. The zero-order valence-electron chi connectivity index (χ0n) is 12.7. The smallest absolute Gasteiger partial charge is 0.410 e. The Hall–Kier alpha value is -1.52. The summed E-state index contributed by atoms with van der Waals surface area (Å²) in [6.07, 6.45) is 2.94. The van der Waals surface area contributed by atoms with Crippen LogP contribution in [0.5, 0.6) is 0 Å². The third-order valence-electron chi connectivity index (χ3n) is 2.85. The van der Waals surface area contributed by atoms with Gasteiger partial charge in [0.1, 0.15) is 5.60 Å². The predicted molar refractivity (Wildman–Crippen MR) is 73.7 cm³/mol. The van der Waals surface area contributed by atoms with E-state index in [1.807, 2.05) is 46.7 Å². The van der Waals surface area contributed by atoms with Crippen LogP contribution in [0.2, 0.25) is 0 Å². The molecule has 0 N–H and O–H groups in total. The van der Waals surface area contributed by atoms with Crippen LogP contribution in [-0.2, 0) is 9.53 Å². The van der Waals surface area contributed by atoms with E-state index < -0.39 is 11.0 Å². The van der Waals surface area contributed by atoms with E-state index in [4.69, 9.17) is 4.74 Å². The molecular formula is C14H24N2O3. The van der Waals surface area contributed by atoms with E-state index in [9.17, 15) is 9.59 Å². The minimum Gasteiger partial charge on any atom is -0.444 e. The second-order valence-electron chi connectivity index (χ2n) is 6.54. The van der Waals surface area contributed by atoms with Gasteiger partial charge >= 0.3 is 6.09 Å². The molecule has 0 radical (unpaired) electrons. The fourth-order valence-corrected chi connectivity index (χ4v) is 1.83. The molecule has 5 nitrogen and oxygen atoms in total. The molecule has 1 fully saturated rings. The van der Waals surface area contributed by atoms with Crippen molar-refractivity contribution in [3.05, 3.63) is 12.3 Å². The number of carbonyl (C=O) groups excluding carboxylic acids is 2. The van der Waals surface area contributed by atoms with Crippen LogP contribution in [0.1, 0.15) is 27.7 Å². The van der Waals surface area contributed by atoms with Gasteiger partial charge in [-0.3, -0.25) is 4.79 Å². The van der Waals surface area contributed by atoms with Crippen molar-refractivity contribution >= 4 is 11.9 Å². The maximum absolute atomic E-state index is 12.0. The molecule has 0 spiro atoms. The van der Waals surface area contributed by atoms with Crippen LogP contribution < -0.4 is 0 Å². The number of amides is 1.